The number of nitrogens with one attached hydrogen (secondary N) is 1. The molecule has 1 unspecified atom stereocenters. The summed E-state index contributed by atoms with van der Waals surface area (Å²) < 4.78 is 30.4. The van der Waals surface area contributed by atoms with Crippen molar-refractivity contribution < 1.29 is 12.6 Å². The first-order valence-electron chi connectivity index (χ1n) is 5.56. The molecular weight excluding hydrogens is 226 g/mol. The van der Waals surface area contributed by atoms with E-state index in [4.69, 9.17) is 4.18 Å². The molecule has 16 heavy (non-hydrogen) atoms. The lowest BCUT2D eigenvalue weighted by Crippen LogP contribution is -2.52. The van der Waals surface area contributed by atoms with Gasteiger partial charge in [0.25, 0.3) is 0 Å². The maximum absolute atomic E-state index is 11.4. The summed E-state index contributed by atoms with van der Waals surface area (Å²) in [5.74, 6) is 0. The summed E-state index contributed by atoms with van der Waals surface area (Å²) in [6, 6.07) is 0. The topological polar surface area (TPSA) is 55.4 Å². The van der Waals surface area contributed by atoms with Crippen LogP contribution in [0.25, 0.3) is 0 Å². The number of hydrogen-bond donors (Lipinski definition) is 1. The van der Waals surface area contributed by atoms with E-state index in [2.05, 4.69) is 10.8 Å². The predicted octanol–water partition coefficient (Wildman–Crippen LogP) is 2.13. The van der Waals surface area contributed by atoms with Crippen molar-refractivity contribution in [3.8, 4) is 0 Å². The second kappa shape index (κ2) is 4.85. The highest BCUT2D eigenvalue weighted by molar-refractivity contribution is 7.84. The van der Waals surface area contributed by atoms with Gasteiger partial charge in [0, 0.05) is 5.54 Å². The van der Waals surface area contributed by atoms with Crippen LogP contribution in [0.3, 0.4) is 0 Å². The molecule has 1 rings (SSSR count). The first kappa shape index (κ1) is 13.7. The van der Waals surface area contributed by atoms with Crippen LogP contribution in [0.15, 0.2) is 11.6 Å². The molecule has 1 aliphatic rings. The molecule has 0 aliphatic carbocycles. The molecule has 0 aromatic carbocycles. The fraction of sp³-hybridized carbons (Fsp3) is 0.818. The number of allylic oxidation sites excluding steroid dienone is 2. The van der Waals surface area contributed by atoms with Crippen LogP contribution < -0.4 is 4.72 Å². The van der Waals surface area contributed by atoms with Crippen LogP contribution in [-0.4, -0.2) is 20.1 Å². The van der Waals surface area contributed by atoms with Gasteiger partial charge in [-0.25, -0.2) is 0 Å². The molecule has 0 aromatic heterocycles. The fourth-order valence-electron chi connectivity index (χ4n) is 1.89. The Labute approximate surface area is 98.3 Å². The van der Waals surface area contributed by atoms with E-state index in [9.17, 15) is 8.42 Å². The van der Waals surface area contributed by atoms with Crippen LogP contribution in [-0.2, 0) is 14.5 Å². The molecule has 0 radical (unpaired) electrons. The van der Waals surface area contributed by atoms with E-state index in [-0.39, 0.29) is 6.10 Å². The maximum Gasteiger partial charge on any atom is 0.336 e. The Kier molecular flexibility index (Phi) is 4.15. The third-order valence-electron chi connectivity index (χ3n) is 2.44. The Morgan fingerprint density at radius 2 is 2.12 bits per heavy atom. The lowest BCUT2D eigenvalue weighted by molar-refractivity contribution is 0.124. The molecule has 0 saturated carbocycles. The monoisotopic (exact) mass is 247 g/mol. The van der Waals surface area contributed by atoms with Gasteiger partial charge in [-0.3, -0.25) is 4.18 Å². The normalized spacial score (nSPS) is 27.4. The highest BCUT2D eigenvalue weighted by atomic mass is 32.2. The molecule has 1 aliphatic heterocycles. The van der Waals surface area contributed by atoms with Gasteiger partial charge in [0.1, 0.15) is 0 Å². The quantitative estimate of drug-likeness (QED) is 0.777. The minimum Gasteiger partial charge on any atom is -0.255 e. The van der Waals surface area contributed by atoms with Crippen molar-refractivity contribution in [2.45, 2.75) is 58.6 Å². The highest BCUT2D eigenvalue weighted by Crippen LogP contribution is 2.25. The molecule has 0 spiro atoms. The van der Waals surface area contributed by atoms with Gasteiger partial charge in [-0.05, 0) is 47.0 Å². The van der Waals surface area contributed by atoms with E-state index >= 15 is 0 Å². The van der Waals surface area contributed by atoms with E-state index in [1.807, 2.05) is 27.7 Å². The molecule has 0 bridgehead atoms. The van der Waals surface area contributed by atoms with Crippen LogP contribution in [0.2, 0.25) is 0 Å². The molecule has 5 heteroatoms. The predicted molar refractivity (Wildman–Crippen MR) is 64.3 cm³/mol. The van der Waals surface area contributed by atoms with Crippen molar-refractivity contribution in [2.75, 3.05) is 0 Å². The van der Waals surface area contributed by atoms with E-state index in [1.54, 1.807) is 0 Å². The summed E-state index contributed by atoms with van der Waals surface area (Å²) in [7, 11) is -3.56. The van der Waals surface area contributed by atoms with E-state index in [0.717, 1.165) is 12.8 Å². The fourth-order valence-corrected chi connectivity index (χ4v) is 3.23. The summed E-state index contributed by atoms with van der Waals surface area (Å²) >= 11 is 0. The van der Waals surface area contributed by atoms with E-state index in [0.29, 0.717) is 6.42 Å². The van der Waals surface area contributed by atoms with Gasteiger partial charge in [-0.1, -0.05) is 11.6 Å². The van der Waals surface area contributed by atoms with Crippen molar-refractivity contribution >= 4 is 10.3 Å². The van der Waals surface area contributed by atoms with Gasteiger partial charge < -0.3 is 0 Å². The summed E-state index contributed by atoms with van der Waals surface area (Å²) in [6.07, 6.45) is 4.21. The standard InChI is InChI=1S/C11H21NO3S/c1-9(2)6-5-7-10-8-11(3,4)12-16(13,14)15-10/h6,10,12H,5,7-8H2,1-4H3. The SMILES string of the molecule is CC(C)=CCCC1CC(C)(C)NS(=O)(=O)O1. The Morgan fingerprint density at radius 3 is 2.62 bits per heavy atom. The van der Waals surface area contributed by atoms with Crippen molar-refractivity contribution in [1.82, 2.24) is 4.72 Å². The van der Waals surface area contributed by atoms with E-state index < -0.39 is 15.8 Å². The summed E-state index contributed by atoms with van der Waals surface area (Å²) in [5, 5.41) is 0. The first-order valence-corrected chi connectivity index (χ1v) is 6.97. The summed E-state index contributed by atoms with van der Waals surface area (Å²) in [5.41, 5.74) is 0.836. The minimum atomic E-state index is -3.56. The lowest BCUT2D eigenvalue weighted by atomic mass is 9.95. The van der Waals surface area contributed by atoms with Crippen molar-refractivity contribution in [2.24, 2.45) is 0 Å². The molecular formula is C11H21NO3S. The smallest absolute Gasteiger partial charge is 0.255 e. The maximum atomic E-state index is 11.4. The van der Waals surface area contributed by atoms with E-state index in [1.165, 1.54) is 5.57 Å². The zero-order valence-corrected chi connectivity index (χ0v) is 11.2. The Hall–Kier alpha value is -0.390. The minimum absolute atomic E-state index is 0.211. The molecule has 0 amide bonds. The lowest BCUT2D eigenvalue weighted by Gasteiger charge is -2.35. The Bertz CT molecular complexity index is 367. The molecule has 1 atom stereocenters. The van der Waals surface area contributed by atoms with Crippen LogP contribution in [0.1, 0.15) is 47.0 Å². The average molecular weight is 247 g/mol. The largest absolute Gasteiger partial charge is 0.336 e. The average Bonchev–Trinajstić information content (AvgIpc) is 1.96. The van der Waals surface area contributed by atoms with Gasteiger partial charge in [-0.15, -0.1) is 0 Å². The molecule has 4 nitrogen and oxygen atoms in total. The van der Waals surface area contributed by atoms with Crippen molar-refractivity contribution in [1.29, 1.82) is 0 Å². The molecule has 94 valence electrons. The Morgan fingerprint density at radius 1 is 1.50 bits per heavy atom. The third kappa shape index (κ3) is 4.63. The van der Waals surface area contributed by atoms with Crippen LogP contribution in [0.5, 0.6) is 0 Å². The van der Waals surface area contributed by atoms with Gasteiger partial charge in [0.2, 0.25) is 0 Å². The van der Waals surface area contributed by atoms with Gasteiger partial charge in [0.15, 0.2) is 0 Å². The molecule has 0 aromatic rings. The second-order valence-electron chi connectivity index (χ2n) is 5.22. The van der Waals surface area contributed by atoms with Gasteiger partial charge in [0.05, 0.1) is 6.10 Å². The number of rotatable bonds is 3. The highest BCUT2D eigenvalue weighted by Gasteiger charge is 2.36. The zero-order chi connectivity index (χ0) is 12.4. The molecule has 1 heterocycles. The Balaban J connectivity index is 2.58. The zero-order valence-electron chi connectivity index (χ0n) is 10.4. The van der Waals surface area contributed by atoms with Gasteiger partial charge >= 0.3 is 10.3 Å². The molecule has 1 N–H and O–H groups in total. The summed E-state index contributed by atoms with van der Waals surface area (Å²) in [4.78, 5) is 0. The van der Waals surface area contributed by atoms with Crippen LogP contribution >= 0.6 is 0 Å². The summed E-state index contributed by atoms with van der Waals surface area (Å²) in [6.45, 7) is 7.82. The van der Waals surface area contributed by atoms with Crippen molar-refractivity contribution in [3.05, 3.63) is 11.6 Å². The molecule has 1 fully saturated rings. The molecule has 1 saturated heterocycles. The van der Waals surface area contributed by atoms with Crippen molar-refractivity contribution in [3.63, 3.8) is 0 Å². The van der Waals surface area contributed by atoms with Crippen LogP contribution in [0, 0.1) is 0 Å². The third-order valence-corrected chi connectivity index (χ3v) is 3.77. The van der Waals surface area contributed by atoms with Crippen LogP contribution in [0.4, 0.5) is 0 Å². The number of hydrogen-bond acceptors (Lipinski definition) is 3. The first-order chi connectivity index (χ1) is 7.20. The second-order valence-corrected chi connectivity index (χ2v) is 6.53. The van der Waals surface area contributed by atoms with Gasteiger partial charge in [-0.2, -0.15) is 13.1 Å².